The Morgan fingerprint density at radius 1 is 1.59 bits per heavy atom. The average molecular weight is 234 g/mol. The molecule has 0 bridgehead atoms. The molecule has 0 aromatic carbocycles. The number of hydrogen-bond acceptors (Lipinski definition) is 4. The highest BCUT2D eigenvalue weighted by Gasteiger charge is 2.14. The van der Waals surface area contributed by atoms with Gasteiger partial charge in [-0.1, -0.05) is 0 Å². The first kappa shape index (κ1) is 11.4. The molecule has 90 valence electrons. The highest BCUT2D eigenvalue weighted by atomic mass is 16.3. The summed E-state index contributed by atoms with van der Waals surface area (Å²) in [5, 5.41) is 6.78. The van der Waals surface area contributed by atoms with Crippen molar-refractivity contribution in [2.75, 3.05) is 5.32 Å². The molecule has 2 rings (SSSR count). The maximum atomic E-state index is 11.8. The van der Waals surface area contributed by atoms with Crippen molar-refractivity contribution in [3.05, 3.63) is 35.4 Å². The van der Waals surface area contributed by atoms with E-state index in [1.54, 1.807) is 37.0 Å². The summed E-state index contributed by atoms with van der Waals surface area (Å²) in [5.74, 6) is 1.09. The lowest BCUT2D eigenvalue weighted by molar-refractivity contribution is 0.0995. The van der Waals surface area contributed by atoms with Crippen LogP contribution in [0.25, 0.3) is 0 Å². The zero-order chi connectivity index (χ0) is 12.4. The fourth-order valence-electron chi connectivity index (χ4n) is 1.52. The predicted octanol–water partition coefficient (Wildman–Crippen LogP) is 1.03. The third-order valence-electron chi connectivity index (χ3n) is 2.32. The van der Waals surface area contributed by atoms with Crippen LogP contribution in [-0.4, -0.2) is 15.7 Å². The van der Waals surface area contributed by atoms with Gasteiger partial charge in [-0.2, -0.15) is 5.10 Å². The Hall–Kier alpha value is -2.08. The van der Waals surface area contributed by atoms with Gasteiger partial charge in [0.2, 0.25) is 0 Å². The van der Waals surface area contributed by atoms with Crippen molar-refractivity contribution >= 4 is 11.7 Å². The topological polar surface area (TPSA) is 86.1 Å². The smallest absolute Gasteiger partial charge is 0.292 e. The van der Waals surface area contributed by atoms with Gasteiger partial charge in [0, 0.05) is 25.4 Å². The van der Waals surface area contributed by atoms with Crippen molar-refractivity contribution in [2.24, 2.45) is 12.8 Å². The number of aryl methyl sites for hydroxylation is 2. The van der Waals surface area contributed by atoms with Gasteiger partial charge in [-0.3, -0.25) is 9.48 Å². The third kappa shape index (κ3) is 2.36. The van der Waals surface area contributed by atoms with E-state index in [4.69, 9.17) is 10.2 Å². The van der Waals surface area contributed by atoms with Gasteiger partial charge in [-0.25, -0.2) is 0 Å². The van der Waals surface area contributed by atoms with E-state index in [9.17, 15) is 4.79 Å². The Labute approximate surface area is 98.4 Å². The first-order valence-electron chi connectivity index (χ1n) is 5.20. The fourth-order valence-corrected chi connectivity index (χ4v) is 1.52. The average Bonchev–Trinajstić information content (AvgIpc) is 2.85. The molecule has 2 heterocycles. The molecule has 1 amide bonds. The zero-order valence-corrected chi connectivity index (χ0v) is 9.73. The van der Waals surface area contributed by atoms with E-state index >= 15 is 0 Å². The molecule has 0 aliphatic rings. The number of hydrogen-bond donors (Lipinski definition) is 2. The first-order valence-corrected chi connectivity index (χ1v) is 5.20. The first-order chi connectivity index (χ1) is 8.10. The number of amides is 1. The Morgan fingerprint density at radius 2 is 2.35 bits per heavy atom. The number of nitrogens with zero attached hydrogens (tertiary/aromatic N) is 2. The van der Waals surface area contributed by atoms with Crippen molar-refractivity contribution in [3.8, 4) is 0 Å². The minimum absolute atomic E-state index is 0.260. The van der Waals surface area contributed by atoms with Crippen LogP contribution in [0, 0.1) is 6.92 Å². The van der Waals surface area contributed by atoms with E-state index in [0.29, 0.717) is 18.1 Å². The molecule has 0 spiro atoms. The van der Waals surface area contributed by atoms with Crippen LogP contribution >= 0.6 is 0 Å². The highest BCUT2D eigenvalue weighted by molar-refractivity contribution is 6.02. The predicted molar refractivity (Wildman–Crippen MR) is 62.5 cm³/mol. The number of nitrogens with one attached hydrogen (secondary N) is 1. The van der Waals surface area contributed by atoms with Gasteiger partial charge in [0.05, 0.1) is 0 Å². The molecule has 0 aliphatic carbocycles. The van der Waals surface area contributed by atoms with Gasteiger partial charge in [0.1, 0.15) is 5.76 Å². The van der Waals surface area contributed by atoms with Gasteiger partial charge in [-0.05, 0) is 19.1 Å². The second-order valence-corrected chi connectivity index (χ2v) is 3.75. The second-order valence-electron chi connectivity index (χ2n) is 3.75. The molecule has 0 radical (unpaired) electrons. The fraction of sp³-hybridized carbons (Fsp3) is 0.273. The van der Waals surface area contributed by atoms with Crippen molar-refractivity contribution in [1.82, 2.24) is 9.78 Å². The van der Waals surface area contributed by atoms with E-state index in [2.05, 4.69) is 10.4 Å². The Kier molecular flexibility index (Phi) is 2.97. The van der Waals surface area contributed by atoms with Crippen LogP contribution in [0.1, 0.15) is 21.9 Å². The summed E-state index contributed by atoms with van der Waals surface area (Å²) in [6, 6.07) is 3.35. The molecule has 6 nitrogen and oxygen atoms in total. The maximum Gasteiger partial charge on any atom is 0.292 e. The highest BCUT2D eigenvalue weighted by Crippen LogP contribution is 2.14. The molecule has 2 aromatic heterocycles. The van der Waals surface area contributed by atoms with Crippen molar-refractivity contribution in [2.45, 2.75) is 13.5 Å². The molecule has 6 heteroatoms. The summed E-state index contributed by atoms with van der Waals surface area (Å²) in [6.45, 7) is 2.10. The minimum Gasteiger partial charge on any atom is -0.456 e. The van der Waals surface area contributed by atoms with Gasteiger partial charge in [0.15, 0.2) is 11.6 Å². The SMILES string of the molecule is Cc1ccc(C(=O)Nc2nn(C)cc2CN)o1. The van der Waals surface area contributed by atoms with E-state index in [-0.39, 0.29) is 11.7 Å². The summed E-state index contributed by atoms with van der Waals surface area (Å²) < 4.78 is 6.82. The molecular weight excluding hydrogens is 220 g/mol. The van der Waals surface area contributed by atoms with Gasteiger partial charge in [-0.15, -0.1) is 0 Å². The van der Waals surface area contributed by atoms with Gasteiger partial charge < -0.3 is 15.5 Å². The normalized spacial score (nSPS) is 10.5. The Morgan fingerprint density at radius 3 is 2.94 bits per heavy atom. The standard InChI is InChI=1S/C11H14N4O2/c1-7-3-4-9(17-7)11(16)13-10-8(5-12)6-15(2)14-10/h3-4,6H,5,12H2,1-2H3,(H,13,14,16). The number of anilines is 1. The molecule has 3 N–H and O–H groups in total. The van der Waals surface area contributed by atoms with E-state index in [0.717, 1.165) is 5.56 Å². The number of carbonyl (C=O) groups excluding carboxylic acids is 1. The molecule has 0 saturated heterocycles. The number of furan rings is 1. The molecular formula is C11H14N4O2. The van der Waals surface area contributed by atoms with E-state index in [1.165, 1.54) is 0 Å². The summed E-state index contributed by atoms with van der Waals surface area (Å²) in [7, 11) is 1.77. The number of carbonyl (C=O) groups is 1. The molecule has 0 aliphatic heterocycles. The lowest BCUT2D eigenvalue weighted by Crippen LogP contribution is -2.13. The van der Waals surface area contributed by atoms with Crippen LogP contribution in [0.15, 0.2) is 22.7 Å². The molecule has 0 fully saturated rings. The minimum atomic E-state index is -0.327. The number of nitrogens with two attached hydrogens (primary N) is 1. The second kappa shape index (κ2) is 4.42. The van der Waals surface area contributed by atoms with E-state index < -0.39 is 0 Å². The Balaban J connectivity index is 2.18. The molecule has 0 unspecified atom stereocenters. The quantitative estimate of drug-likeness (QED) is 0.830. The molecule has 2 aromatic rings. The van der Waals surface area contributed by atoms with Crippen LogP contribution in [0.5, 0.6) is 0 Å². The molecule has 0 atom stereocenters. The summed E-state index contributed by atoms with van der Waals surface area (Å²) in [6.07, 6.45) is 1.77. The lowest BCUT2D eigenvalue weighted by Gasteiger charge is -2.01. The lowest BCUT2D eigenvalue weighted by atomic mass is 10.3. The van der Waals surface area contributed by atoms with Crippen LogP contribution in [-0.2, 0) is 13.6 Å². The summed E-state index contributed by atoms with van der Waals surface area (Å²) in [5.41, 5.74) is 6.34. The molecule has 0 saturated carbocycles. The van der Waals surface area contributed by atoms with E-state index in [1.807, 2.05) is 0 Å². The number of aromatic nitrogens is 2. The zero-order valence-electron chi connectivity index (χ0n) is 9.73. The molecule has 17 heavy (non-hydrogen) atoms. The van der Waals surface area contributed by atoms with Crippen molar-refractivity contribution in [1.29, 1.82) is 0 Å². The van der Waals surface area contributed by atoms with Crippen LogP contribution < -0.4 is 11.1 Å². The van der Waals surface area contributed by atoms with Crippen LogP contribution in [0.3, 0.4) is 0 Å². The third-order valence-corrected chi connectivity index (χ3v) is 2.32. The van der Waals surface area contributed by atoms with Crippen molar-refractivity contribution in [3.63, 3.8) is 0 Å². The monoisotopic (exact) mass is 234 g/mol. The summed E-state index contributed by atoms with van der Waals surface area (Å²) >= 11 is 0. The Bertz CT molecular complexity index is 541. The largest absolute Gasteiger partial charge is 0.456 e. The van der Waals surface area contributed by atoms with Crippen molar-refractivity contribution < 1.29 is 9.21 Å². The van der Waals surface area contributed by atoms with Crippen LogP contribution in [0.4, 0.5) is 5.82 Å². The van der Waals surface area contributed by atoms with Crippen LogP contribution in [0.2, 0.25) is 0 Å². The van der Waals surface area contributed by atoms with Gasteiger partial charge in [0.25, 0.3) is 5.91 Å². The van der Waals surface area contributed by atoms with Gasteiger partial charge >= 0.3 is 0 Å². The summed E-state index contributed by atoms with van der Waals surface area (Å²) in [4.78, 5) is 11.8. The maximum absolute atomic E-state index is 11.8. The number of rotatable bonds is 3.